The van der Waals surface area contributed by atoms with Crippen molar-refractivity contribution in [2.45, 2.75) is 13.5 Å². The van der Waals surface area contributed by atoms with Crippen molar-refractivity contribution in [3.05, 3.63) is 53.3 Å². The summed E-state index contributed by atoms with van der Waals surface area (Å²) in [6, 6.07) is 11.1. The molecule has 1 saturated heterocycles. The number of pyridine rings is 1. The number of anilines is 1. The first-order chi connectivity index (χ1) is 18.1. The smallest absolute Gasteiger partial charge is 0.321 e. The van der Waals surface area contributed by atoms with E-state index in [1.807, 2.05) is 37.3 Å². The number of urea groups is 1. The second-order valence-corrected chi connectivity index (χ2v) is 11.0. The lowest BCUT2D eigenvalue weighted by atomic mass is 10.0. The summed E-state index contributed by atoms with van der Waals surface area (Å²) in [5.41, 5.74) is 2.21. The molecule has 4 heterocycles. The summed E-state index contributed by atoms with van der Waals surface area (Å²) in [6.07, 6.45) is 1.71. The maximum absolute atomic E-state index is 15.9. The van der Waals surface area contributed by atoms with E-state index in [9.17, 15) is 4.79 Å². The topological polar surface area (TPSA) is 93.6 Å². The fraction of sp³-hybridized carbons (Fsp3) is 0.346. The van der Waals surface area contributed by atoms with Gasteiger partial charge in [-0.1, -0.05) is 17.4 Å². The van der Waals surface area contributed by atoms with Crippen LogP contribution in [-0.2, 0) is 6.54 Å². The van der Waals surface area contributed by atoms with E-state index in [1.165, 1.54) is 16.2 Å². The Labute approximate surface area is 234 Å². The standard InChI is InChI=1S/C26H29FN6O2S2.ClH/c1-2-28-25(35)31-26-30-23-22(27)19(15-18(24(23)37-26)20-5-3-4-8-29-20)21-7-6-17(36-21)16-33-11-9-32(10-12-33)13-14-34;/h3-8,15,34H,2,9-14,16H2,1H3,(H2,28,30,31,35);1H. The molecule has 0 atom stereocenters. The Morgan fingerprint density at radius 3 is 2.61 bits per heavy atom. The summed E-state index contributed by atoms with van der Waals surface area (Å²) in [4.78, 5) is 27.7. The number of carbonyl (C=O) groups is 1. The molecular weight excluding hydrogens is 547 g/mol. The van der Waals surface area contributed by atoms with Gasteiger partial charge >= 0.3 is 6.03 Å². The third kappa shape index (κ3) is 6.31. The minimum Gasteiger partial charge on any atom is -0.395 e. The van der Waals surface area contributed by atoms with E-state index in [1.54, 1.807) is 17.5 Å². The molecule has 8 nitrogen and oxygen atoms in total. The van der Waals surface area contributed by atoms with Gasteiger partial charge in [0.1, 0.15) is 5.52 Å². The number of carbonyl (C=O) groups excluding carboxylic acids is 1. The molecule has 0 aliphatic carbocycles. The molecule has 0 unspecified atom stereocenters. The summed E-state index contributed by atoms with van der Waals surface area (Å²) in [6.45, 7) is 7.79. The lowest BCUT2D eigenvalue weighted by Gasteiger charge is -2.34. The molecule has 0 saturated carbocycles. The predicted molar refractivity (Wildman–Crippen MR) is 155 cm³/mol. The number of aromatic nitrogens is 2. The summed E-state index contributed by atoms with van der Waals surface area (Å²) in [5.74, 6) is -0.402. The number of amides is 2. The Morgan fingerprint density at radius 1 is 1.11 bits per heavy atom. The van der Waals surface area contributed by atoms with Gasteiger partial charge in [0, 0.05) is 72.9 Å². The average molecular weight is 577 g/mol. The van der Waals surface area contributed by atoms with E-state index in [0.717, 1.165) is 48.9 Å². The third-order valence-corrected chi connectivity index (χ3v) is 8.40. The van der Waals surface area contributed by atoms with Crippen LogP contribution in [0.25, 0.3) is 31.9 Å². The molecule has 1 aliphatic rings. The molecule has 1 fully saturated rings. The maximum atomic E-state index is 15.9. The van der Waals surface area contributed by atoms with Crippen LogP contribution >= 0.6 is 35.1 Å². The molecule has 12 heteroatoms. The quantitative estimate of drug-likeness (QED) is 0.276. The minimum absolute atomic E-state index is 0. The van der Waals surface area contributed by atoms with E-state index >= 15 is 4.39 Å². The predicted octanol–water partition coefficient (Wildman–Crippen LogP) is 4.90. The number of aliphatic hydroxyl groups excluding tert-OH is 1. The molecule has 3 aromatic heterocycles. The number of piperazine rings is 1. The van der Waals surface area contributed by atoms with Crippen molar-refractivity contribution < 1.29 is 14.3 Å². The summed E-state index contributed by atoms with van der Waals surface area (Å²) in [7, 11) is 0. The highest BCUT2D eigenvalue weighted by Crippen LogP contribution is 2.42. The van der Waals surface area contributed by atoms with Crippen LogP contribution in [0.5, 0.6) is 0 Å². The first kappa shape index (κ1) is 28.3. The van der Waals surface area contributed by atoms with Crippen LogP contribution in [0.3, 0.4) is 0 Å². The van der Waals surface area contributed by atoms with Crippen LogP contribution in [-0.4, -0.2) is 76.8 Å². The second-order valence-electron chi connectivity index (χ2n) is 8.79. The highest BCUT2D eigenvalue weighted by Gasteiger charge is 2.22. The number of thiazole rings is 1. The van der Waals surface area contributed by atoms with Gasteiger partial charge in [-0.3, -0.25) is 20.1 Å². The van der Waals surface area contributed by atoms with Crippen molar-refractivity contribution >= 4 is 56.5 Å². The molecular formula is C26H30ClFN6O2S2. The van der Waals surface area contributed by atoms with E-state index in [2.05, 4.69) is 36.5 Å². The molecule has 3 N–H and O–H groups in total. The van der Waals surface area contributed by atoms with E-state index < -0.39 is 5.82 Å². The number of fused-ring (bicyclic) bond motifs is 1. The molecule has 0 radical (unpaired) electrons. The first-order valence-electron chi connectivity index (χ1n) is 12.3. The minimum atomic E-state index is -0.402. The highest BCUT2D eigenvalue weighted by molar-refractivity contribution is 7.23. The van der Waals surface area contributed by atoms with Crippen molar-refractivity contribution in [1.29, 1.82) is 0 Å². The van der Waals surface area contributed by atoms with Crippen LogP contribution in [0.15, 0.2) is 42.6 Å². The lowest BCUT2D eigenvalue weighted by Crippen LogP contribution is -2.46. The zero-order valence-corrected chi connectivity index (χ0v) is 23.4. The van der Waals surface area contributed by atoms with E-state index in [-0.39, 0.29) is 30.6 Å². The molecule has 38 heavy (non-hydrogen) atoms. The summed E-state index contributed by atoms with van der Waals surface area (Å²) < 4.78 is 16.5. The fourth-order valence-corrected chi connectivity index (χ4v) is 6.48. The van der Waals surface area contributed by atoms with Crippen molar-refractivity contribution in [2.24, 2.45) is 0 Å². The number of halogens is 2. The van der Waals surface area contributed by atoms with Crippen LogP contribution < -0.4 is 10.6 Å². The number of hydrogen-bond donors (Lipinski definition) is 3. The Balaban J connectivity index is 0.00000336. The zero-order chi connectivity index (χ0) is 25.8. The molecule has 1 aromatic carbocycles. The zero-order valence-electron chi connectivity index (χ0n) is 20.9. The Hall–Kier alpha value is -2.67. The van der Waals surface area contributed by atoms with Crippen molar-refractivity contribution in [2.75, 3.05) is 51.2 Å². The Bertz CT molecular complexity index is 1380. The van der Waals surface area contributed by atoms with Gasteiger partial charge in [0.15, 0.2) is 10.9 Å². The van der Waals surface area contributed by atoms with Crippen LogP contribution in [0.2, 0.25) is 0 Å². The largest absolute Gasteiger partial charge is 0.395 e. The van der Waals surface area contributed by atoms with Gasteiger partial charge in [-0.15, -0.1) is 23.7 Å². The van der Waals surface area contributed by atoms with E-state index in [0.29, 0.717) is 28.5 Å². The maximum Gasteiger partial charge on any atom is 0.321 e. The monoisotopic (exact) mass is 576 g/mol. The first-order valence-corrected chi connectivity index (χ1v) is 13.9. The summed E-state index contributed by atoms with van der Waals surface area (Å²) >= 11 is 2.82. The molecule has 4 aromatic rings. The number of thiophene rings is 1. The van der Waals surface area contributed by atoms with Crippen molar-refractivity contribution in [1.82, 2.24) is 25.1 Å². The SMILES string of the molecule is CCNC(=O)Nc1nc2c(F)c(-c3ccc(CN4CCN(CCO)CC4)s3)cc(-c3ccccn3)c2s1.Cl. The number of nitrogens with zero attached hydrogens (tertiary/aromatic N) is 4. The molecule has 5 rings (SSSR count). The fourth-order valence-electron chi connectivity index (χ4n) is 4.44. The van der Waals surface area contributed by atoms with E-state index in [4.69, 9.17) is 5.11 Å². The average Bonchev–Trinajstić information content (AvgIpc) is 3.54. The van der Waals surface area contributed by atoms with Gasteiger partial charge in [0.05, 0.1) is 17.0 Å². The molecule has 0 bridgehead atoms. The van der Waals surface area contributed by atoms with Crippen LogP contribution in [0.4, 0.5) is 14.3 Å². The van der Waals surface area contributed by atoms with Gasteiger partial charge < -0.3 is 10.4 Å². The van der Waals surface area contributed by atoms with Gasteiger partial charge in [-0.25, -0.2) is 14.2 Å². The number of nitrogens with one attached hydrogen (secondary N) is 2. The van der Waals surface area contributed by atoms with Crippen LogP contribution in [0.1, 0.15) is 11.8 Å². The lowest BCUT2D eigenvalue weighted by molar-refractivity contribution is 0.109. The number of rotatable bonds is 8. The molecule has 1 aliphatic heterocycles. The Morgan fingerprint density at radius 2 is 1.89 bits per heavy atom. The second kappa shape index (κ2) is 12.9. The number of benzene rings is 1. The Kier molecular flexibility index (Phi) is 9.64. The molecule has 0 spiro atoms. The van der Waals surface area contributed by atoms with Gasteiger partial charge in [-0.05, 0) is 37.3 Å². The molecule has 202 valence electrons. The molecule has 2 amide bonds. The third-order valence-electron chi connectivity index (χ3n) is 6.29. The van der Waals surface area contributed by atoms with Gasteiger partial charge in [-0.2, -0.15) is 0 Å². The van der Waals surface area contributed by atoms with Gasteiger partial charge in [0.25, 0.3) is 0 Å². The van der Waals surface area contributed by atoms with Crippen molar-refractivity contribution in [3.8, 4) is 21.7 Å². The number of β-amino-alcohol motifs (C(OH)–C–C–N with tert-alkyl or cyclic N) is 1. The highest BCUT2D eigenvalue weighted by atomic mass is 35.5. The van der Waals surface area contributed by atoms with Gasteiger partial charge in [0.2, 0.25) is 0 Å². The number of aliphatic hydroxyl groups is 1. The van der Waals surface area contributed by atoms with Crippen molar-refractivity contribution in [3.63, 3.8) is 0 Å². The van der Waals surface area contributed by atoms with Crippen LogP contribution in [0, 0.1) is 5.82 Å². The normalized spacial score (nSPS) is 14.4. The number of hydrogen-bond acceptors (Lipinski definition) is 8. The summed E-state index contributed by atoms with van der Waals surface area (Å²) in [5, 5.41) is 14.9.